The fourth-order valence-corrected chi connectivity index (χ4v) is 0. The van der Waals surface area contributed by atoms with Gasteiger partial charge in [-0.05, 0) is 14.1 Å². The quantitative estimate of drug-likeness (QED) is 0.482. The van der Waals surface area contributed by atoms with Gasteiger partial charge in [0, 0.05) is 14.0 Å². The second kappa shape index (κ2) is 24.3. The Bertz CT molecular complexity index is 66.8. The molecule has 0 rings (SSSR count). The summed E-state index contributed by atoms with van der Waals surface area (Å²) in [7, 11) is 5.35. The summed E-state index contributed by atoms with van der Waals surface area (Å²) in [6.07, 6.45) is 0. The zero-order valence-corrected chi connectivity index (χ0v) is 7.02. The van der Waals surface area contributed by atoms with Crippen molar-refractivity contribution >= 4 is 12.7 Å². The summed E-state index contributed by atoms with van der Waals surface area (Å²) < 4.78 is 0. The Balaban J connectivity index is -0.0000000847. The van der Waals surface area contributed by atoms with E-state index in [1.165, 1.54) is 6.92 Å². The molecule has 0 aliphatic heterocycles. The van der Waals surface area contributed by atoms with E-state index in [1.54, 1.807) is 7.05 Å². The number of rotatable bonds is 0. The summed E-state index contributed by atoms with van der Waals surface area (Å²) >= 11 is 0. The second-order valence-corrected chi connectivity index (χ2v) is 1.31. The molecule has 0 spiro atoms. The molecule has 1 amide bonds. The van der Waals surface area contributed by atoms with Crippen LogP contribution in [0.5, 0.6) is 0 Å². The smallest absolute Gasteiger partial charge is 0.216 e. The molecule has 0 atom stereocenters. The lowest BCUT2D eigenvalue weighted by Gasteiger charge is -1.80. The molecule has 4 heteroatoms. The van der Waals surface area contributed by atoms with Crippen LogP contribution in [0, 0.1) is 0 Å². The molecule has 0 saturated heterocycles. The number of carbonyl (C=O) groups excluding carboxylic acids is 2. The lowest BCUT2D eigenvalue weighted by Crippen LogP contribution is -2.11. The maximum absolute atomic E-state index is 9.70. The molecule has 10 heavy (non-hydrogen) atoms. The van der Waals surface area contributed by atoms with Crippen molar-refractivity contribution < 1.29 is 9.59 Å². The standard InChI is InChI=1S/C3H7NO.C2H7N.CH2O/c1-3(5)4-2;1-3-2;1-2/h1-2H3,(H,4,5);3H,1-2H3;1H2. The average molecular weight is 148 g/mol. The van der Waals surface area contributed by atoms with E-state index in [4.69, 9.17) is 4.79 Å². The van der Waals surface area contributed by atoms with E-state index in [2.05, 4.69) is 10.6 Å². The van der Waals surface area contributed by atoms with Gasteiger partial charge in [0.25, 0.3) is 0 Å². The van der Waals surface area contributed by atoms with E-state index in [1.807, 2.05) is 20.9 Å². The first-order valence-corrected chi connectivity index (χ1v) is 2.74. The number of amides is 1. The van der Waals surface area contributed by atoms with Gasteiger partial charge in [0.1, 0.15) is 6.79 Å². The summed E-state index contributed by atoms with van der Waals surface area (Å²) in [4.78, 5) is 17.7. The van der Waals surface area contributed by atoms with Crippen LogP contribution in [0.2, 0.25) is 0 Å². The SMILES string of the molecule is C=O.CNC.CNC(C)=O. The predicted octanol–water partition coefficient (Wildman–Crippen LogP) is -0.597. The van der Waals surface area contributed by atoms with Crippen LogP contribution in [0.15, 0.2) is 0 Å². The first kappa shape index (κ1) is 16.0. The molecule has 0 unspecified atom stereocenters. The number of nitrogens with one attached hydrogen (secondary N) is 2. The van der Waals surface area contributed by atoms with Crippen LogP contribution in [-0.2, 0) is 9.59 Å². The average Bonchev–Trinajstić information content (AvgIpc) is 1.94. The van der Waals surface area contributed by atoms with Crippen molar-refractivity contribution in [3.05, 3.63) is 0 Å². The fraction of sp³-hybridized carbons (Fsp3) is 0.667. The Morgan fingerprint density at radius 2 is 1.30 bits per heavy atom. The third-order valence-electron chi connectivity index (χ3n) is 0.352. The molecule has 0 aromatic heterocycles. The van der Waals surface area contributed by atoms with Crippen LogP contribution in [0.1, 0.15) is 6.92 Å². The highest BCUT2D eigenvalue weighted by molar-refractivity contribution is 5.72. The molecule has 0 aromatic rings. The number of hydrogen-bond acceptors (Lipinski definition) is 3. The molecule has 0 aliphatic carbocycles. The fourth-order valence-electron chi connectivity index (χ4n) is 0. The van der Waals surface area contributed by atoms with Gasteiger partial charge in [0.2, 0.25) is 5.91 Å². The molecule has 0 aromatic carbocycles. The van der Waals surface area contributed by atoms with E-state index in [0.717, 1.165) is 0 Å². The van der Waals surface area contributed by atoms with Gasteiger partial charge < -0.3 is 15.4 Å². The Morgan fingerprint density at radius 1 is 1.20 bits per heavy atom. The zero-order chi connectivity index (χ0) is 8.99. The molecule has 4 nitrogen and oxygen atoms in total. The minimum atomic E-state index is 0.00463. The minimum absolute atomic E-state index is 0.00463. The van der Waals surface area contributed by atoms with Crippen molar-refractivity contribution in [1.82, 2.24) is 10.6 Å². The van der Waals surface area contributed by atoms with Gasteiger partial charge in [-0.25, -0.2) is 0 Å². The van der Waals surface area contributed by atoms with E-state index in [9.17, 15) is 4.79 Å². The summed E-state index contributed by atoms with van der Waals surface area (Å²) in [5.41, 5.74) is 0. The highest BCUT2D eigenvalue weighted by Gasteiger charge is 1.72. The molecule has 0 aliphatic rings. The molecule has 0 bridgehead atoms. The van der Waals surface area contributed by atoms with Crippen LogP contribution >= 0.6 is 0 Å². The van der Waals surface area contributed by atoms with Gasteiger partial charge in [0.15, 0.2) is 0 Å². The Hall–Kier alpha value is -0.900. The van der Waals surface area contributed by atoms with E-state index in [0.29, 0.717) is 0 Å². The predicted molar refractivity (Wildman–Crippen MR) is 41.8 cm³/mol. The van der Waals surface area contributed by atoms with Crippen LogP contribution in [0.25, 0.3) is 0 Å². The number of carbonyl (C=O) groups is 2. The van der Waals surface area contributed by atoms with Crippen molar-refractivity contribution in [3.8, 4) is 0 Å². The summed E-state index contributed by atoms with van der Waals surface area (Å²) in [6, 6.07) is 0. The van der Waals surface area contributed by atoms with Crippen molar-refractivity contribution in [1.29, 1.82) is 0 Å². The Labute approximate surface area is 62.0 Å². The van der Waals surface area contributed by atoms with Crippen LogP contribution in [0.4, 0.5) is 0 Å². The second-order valence-electron chi connectivity index (χ2n) is 1.31. The normalized spacial score (nSPS) is 5.60. The van der Waals surface area contributed by atoms with E-state index < -0.39 is 0 Å². The van der Waals surface area contributed by atoms with Gasteiger partial charge >= 0.3 is 0 Å². The zero-order valence-electron chi connectivity index (χ0n) is 7.02. The topological polar surface area (TPSA) is 58.2 Å². The summed E-state index contributed by atoms with van der Waals surface area (Å²) in [5, 5.41) is 5.14. The third kappa shape index (κ3) is 218. The van der Waals surface area contributed by atoms with Crippen molar-refractivity contribution in [2.75, 3.05) is 21.1 Å². The molecule has 0 heterocycles. The minimum Gasteiger partial charge on any atom is -0.359 e. The van der Waals surface area contributed by atoms with E-state index in [-0.39, 0.29) is 5.91 Å². The molecule has 0 fully saturated rings. The first-order chi connectivity index (χ1) is 4.68. The first-order valence-electron chi connectivity index (χ1n) is 2.74. The molecule has 0 radical (unpaired) electrons. The summed E-state index contributed by atoms with van der Waals surface area (Å²) in [5.74, 6) is 0.00463. The molecular formula is C6H16N2O2. The van der Waals surface area contributed by atoms with Crippen molar-refractivity contribution in [2.45, 2.75) is 6.92 Å². The van der Waals surface area contributed by atoms with Gasteiger partial charge in [-0.3, -0.25) is 4.79 Å². The van der Waals surface area contributed by atoms with Gasteiger partial charge in [-0.1, -0.05) is 0 Å². The Kier molecular flexibility index (Phi) is 39.0. The molecule has 0 saturated carbocycles. The maximum atomic E-state index is 9.70. The van der Waals surface area contributed by atoms with Crippen LogP contribution < -0.4 is 10.6 Å². The highest BCUT2D eigenvalue weighted by Crippen LogP contribution is 1.45. The largest absolute Gasteiger partial charge is 0.359 e. The lowest BCUT2D eigenvalue weighted by molar-refractivity contribution is -0.118. The van der Waals surface area contributed by atoms with Gasteiger partial charge in [-0.2, -0.15) is 0 Å². The lowest BCUT2D eigenvalue weighted by atomic mass is 10.7. The van der Waals surface area contributed by atoms with Gasteiger partial charge in [0.05, 0.1) is 0 Å². The number of hydrogen-bond donors (Lipinski definition) is 2. The van der Waals surface area contributed by atoms with E-state index >= 15 is 0 Å². The highest BCUT2D eigenvalue weighted by atomic mass is 16.1. The molecular weight excluding hydrogens is 132 g/mol. The molecule has 62 valence electrons. The maximum Gasteiger partial charge on any atom is 0.216 e. The monoisotopic (exact) mass is 148 g/mol. The third-order valence-corrected chi connectivity index (χ3v) is 0.352. The molecule has 2 N–H and O–H groups in total. The van der Waals surface area contributed by atoms with Gasteiger partial charge in [-0.15, -0.1) is 0 Å². The Morgan fingerprint density at radius 3 is 1.30 bits per heavy atom. The van der Waals surface area contributed by atoms with Crippen molar-refractivity contribution in [3.63, 3.8) is 0 Å². The van der Waals surface area contributed by atoms with Crippen LogP contribution in [-0.4, -0.2) is 33.8 Å². The van der Waals surface area contributed by atoms with Crippen molar-refractivity contribution in [2.24, 2.45) is 0 Å². The van der Waals surface area contributed by atoms with Crippen LogP contribution in [0.3, 0.4) is 0 Å². The summed E-state index contributed by atoms with van der Waals surface area (Å²) in [6.45, 7) is 3.47.